The van der Waals surface area contributed by atoms with Crippen LogP contribution < -0.4 is 0 Å². The van der Waals surface area contributed by atoms with E-state index in [4.69, 9.17) is 4.55 Å². The molecule has 0 radical (unpaired) electrons. The summed E-state index contributed by atoms with van der Waals surface area (Å²) in [7, 11) is -6.07. The van der Waals surface area contributed by atoms with E-state index >= 15 is 0 Å². The fourth-order valence-electron chi connectivity index (χ4n) is 0.169. The van der Waals surface area contributed by atoms with E-state index < -0.39 is 26.0 Å². The van der Waals surface area contributed by atoms with Gasteiger partial charge in [0.25, 0.3) is 9.05 Å². The summed E-state index contributed by atoms with van der Waals surface area (Å²) in [6, 6.07) is 0. The van der Waals surface area contributed by atoms with E-state index in [9.17, 15) is 12.6 Å². The molecule has 1 atom stereocenters. The summed E-state index contributed by atoms with van der Waals surface area (Å²) in [5.74, 6) is 0. The van der Waals surface area contributed by atoms with Crippen molar-refractivity contribution in [2.45, 2.75) is 0 Å². The minimum atomic E-state index is -3.69. The van der Waals surface area contributed by atoms with Crippen LogP contribution in [0.2, 0.25) is 0 Å². The van der Waals surface area contributed by atoms with Gasteiger partial charge in [0.15, 0.2) is 0 Å². The first-order valence-electron chi connectivity index (χ1n) is 1.95. The molecule has 0 heterocycles. The van der Waals surface area contributed by atoms with E-state index in [1.165, 1.54) is 0 Å². The van der Waals surface area contributed by atoms with Gasteiger partial charge < -0.3 is 0 Å². The highest BCUT2D eigenvalue weighted by atomic mass is 32.9. The van der Waals surface area contributed by atoms with Crippen molar-refractivity contribution in [3.05, 3.63) is 0 Å². The molecule has 0 bridgehead atoms. The molecule has 10 heavy (non-hydrogen) atoms. The maximum atomic E-state index is 10.1. The molecule has 0 saturated carbocycles. The Balaban J connectivity index is 3.93. The predicted molar refractivity (Wildman–Crippen MR) is 39.1 cm³/mol. The van der Waals surface area contributed by atoms with Crippen molar-refractivity contribution < 1.29 is 21.4 Å². The summed E-state index contributed by atoms with van der Waals surface area (Å²) < 4.78 is 41.8. The lowest BCUT2D eigenvalue weighted by atomic mass is 10.9. The molecule has 8 heteroatoms. The second-order valence-corrected chi connectivity index (χ2v) is 4.35. The van der Waals surface area contributed by atoms with Crippen LogP contribution in [0.4, 0.5) is 0 Å². The SMILES string of the molecule is O=S(=O)=CCOS(=O)(O)=S. The molecule has 0 aliphatic rings. The van der Waals surface area contributed by atoms with Crippen molar-refractivity contribution in [1.29, 1.82) is 0 Å². The van der Waals surface area contributed by atoms with Crippen molar-refractivity contribution in [3.63, 3.8) is 0 Å². The molecular formula is C2H4O5S3. The van der Waals surface area contributed by atoms with Crippen LogP contribution in [-0.4, -0.2) is 29.2 Å². The van der Waals surface area contributed by atoms with Crippen LogP contribution in [0, 0.1) is 0 Å². The fourth-order valence-corrected chi connectivity index (χ4v) is 0.841. The lowest BCUT2D eigenvalue weighted by Crippen LogP contribution is -2.04. The normalized spacial score (nSPS) is 15.7. The van der Waals surface area contributed by atoms with Gasteiger partial charge in [0.1, 0.15) is 0 Å². The monoisotopic (exact) mass is 204 g/mol. The van der Waals surface area contributed by atoms with Crippen LogP contribution in [0.25, 0.3) is 0 Å². The van der Waals surface area contributed by atoms with E-state index in [0.29, 0.717) is 5.37 Å². The number of hydrogen-bond donors (Lipinski definition) is 1. The highest BCUT2D eigenvalue weighted by Gasteiger charge is 1.95. The summed E-state index contributed by atoms with van der Waals surface area (Å²) in [5.41, 5.74) is 0. The minimum Gasteiger partial charge on any atom is -0.285 e. The van der Waals surface area contributed by atoms with Gasteiger partial charge in [-0.05, 0) is 0 Å². The zero-order chi connectivity index (χ0) is 8.20. The Hall–Kier alpha value is -0.0200. The van der Waals surface area contributed by atoms with Crippen LogP contribution >= 0.6 is 0 Å². The molecule has 0 amide bonds. The predicted octanol–water partition coefficient (Wildman–Crippen LogP) is -1.18. The summed E-state index contributed by atoms with van der Waals surface area (Å²) in [6.45, 7) is -0.477. The van der Waals surface area contributed by atoms with E-state index in [0.717, 1.165) is 0 Å². The lowest BCUT2D eigenvalue weighted by molar-refractivity contribution is 0.353. The zero-order valence-corrected chi connectivity index (χ0v) is 7.04. The first-order chi connectivity index (χ1) is 4.42. The Morgan fingerprint density at radius 3 is 2.50 bits per heavy atom. The zero-order valence-electron chi connectivity index (χ0n) is 4.59. The van der Waals surface area contributed by atoms with Gasteiger partial charge in [-0.3, -0.25) is 8.74 Å². The third-order valence-electron chi connectivity index (χ3n) is 0.421. The molecule has 0 aromatic heterocycles. The minimum absolute atomic E-state index is 0.477. The Kier molecular flexibility index (Phi) is 3.98. The van der Waals surface area contributed by atoms with Crippen molar-refractivity contribution in [3.8, 4) is 0 Å². The van der Waals surface area contributed by atoms with Gasteiger partial charge in [-0.1, -0.05) is 0 Å². The van der Waals surface area contributed by atoms with Gasteiger partial charge in [0.2, 0.25) is 10.3 Å². The highest BCUT2D eigenvalue weighted by Crippen LogP contribution is 1.82. The molecule has 0 aromatic rings. The molecule has 0 aromatic carbocycles. The molecular weight excluding hydrogens is 200 g/mol. The van der Waals surface area contributed by atoms with E-state index in [1.807, 2.05) is 0 Å². The second kappa shape index (κ2) is 3.98. The topological polar surface area (TPSA) is 80.7 Å². The molecule has 0 rings (SSSR count). The summed E-state index contributed by atoms with van der Waals surface area (Å²) in [6.07, 6.45) is 0. The van der Waals surface area contributed by atoms with E-state index in [-0.39, 0.29) is 0 Å². The molecule has 0 fully saturated rings. The lowest BCUT2D eigenvalue weighted by Gasteiger charge is -1.93. The summed E-state index contributed by atoms with van der Waals surface area (Å²) >= 11 is 3.88. The Morgan fingerprint density at radius 2 is 2.20 bits per heavy atom. The van der Waals surface area contributed by atoms with Gasteiger partial charge in [0.05, 0.1) is 12.0 Å². The smallest absolute Gasteiger partial charge is 0.266 e. The summed E-state index contributed by atoms with van der Waals surface area (Å²) in [4.78, 5) is 0. The largest absolute Gasteiger partial charge is 0.285 e. The molecule has 1 N–H and O–H groups in total. The van der Waals surface area contributed by atoms with Crippen LogP contribution in [0.15, 0.2) is 0 Å². The molecule has 0 aliphatic carbocycles. The molecule has 0 aliphatic heterocycles. The average molecular weight is 204 g/mol. The molecule has 5 nitrogen and oxygen atoms in total. The third kappa shape index (κ3) is 7.98. The van der Waals surface area contributed by atoms with Crippen molar-refractivity contribution in [2.75, 3.05) is 6.61 Å². The average Bonchev–Trinajstić information content (AvgIpc) is 1.59. The number of hydrogen-bond acceptors (Lipinski definition) is 5. The standard InChI is InChI=1S/C2H4O5S3/c3-9(4)2-1-7-10(5,6)8/h2H,1H2,(H,5,6,8). The number of rotatable bonds is 3. The van der Waals surface area contributed by atoms with Gasteiger partial charge in [-0.15, -0.1) is 0 Å². The van der Waals surface area contributed by atoms with Crippen LogP contribution in [0.3, 0.4) is 0 Å². The first kappa shape index (κ1) is 9.98. The first-order valence-corrected chi connectivity index (χ1v) is 5.45. The second-order valence-electron chi connectivity index (χ2n) is 1.14. The molecule has 1 unspecified atom stereocenters. The van der Waals surface area contributed by atoms with Gasteiger partial charge in [-0.2, -0.15) is 12.6 Å². The maximum Gasteiger partial charge on any atom is 0.266 e. The van der Waals surface area contributed by atoms with Crippen LogP contribution in [-0.2, 0) is 34.7 Å². The van der Waals surface area contributed by atoms with Gasteiger partial charge in [0, 0.05) is 11.2 Å². The fraction of sp³-hybridized carbons (Fsp3) is 0.500. The maximum absolute atomic E-state index is 10.1. The van der Waals surface area contributed by atoms with Gasteiger partial charge in [-0.25, -0.2) is 0 Å². The van der Waals surface area contributed by atoms with Crippen molar-refractivity contribution in [1.82, 2.24) is 0 Å². The van der Waals surface area contributed by atoms with Crippen LogP contribution in [0.1, 0.15) is 0 Å². The molecule has 0 saturated heterocycles. The Bertz CT molecular complexity index is 299. The van der Waals surface area contributed by atoms with Crippen molar-refractivity contribution in [2.24, 2.45) is 0 Å². The van der Waals surface area contributed by atoms with E-state index in [2.05, 4.69) is 15.4 Å². The molecule has 0 spiro atoms. The molecule has 60 valence electrons. The van der Waals surface area contributed by atoms with E-state index in [1.54, 1.807) is 0 Å². The Labute approximate surface area is 64.2 Å². The van der Waals surface area contributed by atoms with Crippen LogP contribution in [0.5, 0.6) is 0 Å². The van der Waals surface area contributed by atoms with Crippen molar-refractivity contribution >= 4 is 35.9 Å². The quantitative estimate of drug-likeness (QED) is 0.583. The van der Waals surface area contributed by atoms with Gasteiger partial charge >= 0.3 is 0 Å². The Morgan fingerprint density at radius 1 is 1.70 bits per heavy atom. The highest BCUT2D eigenvalue weighted by molar-refractivity contribution is 8.27. The summed E-state index contributed by atoms with van der Waals surface area (Å²) in [5, 5.41) is 0.683. The third-order valence-corrected chi connectivity index (χ3v) is 1.55.